The van der Waals surface area contributed by atoms with Gasteiger partial charge in [-0.2, -0.15) is 0 Å². The summed E-state index contributed by atoms with van der Waals surface area (Å²) in [6, 6.07) is 14.0. The first kappa shape index (κ1) is 14.8. The minimum absolute atomic E-state index is 0.0313. The highest BCUT2D eigenvalue weighted by Crippen LogP contribution is 2.20. The molecular formula is C17H18BrNO. The van der Waals surface area contributed by atoms with E-state index in [1.165, 1.54) is 11.1 Å². The average Bonchev–Trinajstić information content (AvgIpc) is 2.43. The van der Waals surface area contributed by atoms with Gasteiger partial charge in [0.1, 0.15) is 0 Å². The second kappa shape index (κ2) is 6.23. The Morgan fingerprint density at radius 1 is 1.15 bits per heavy atom. The fourth-order valence-electron chi connectivity index (χ4n) is 2.12. The molecule has 0 atom stereocenters. The summed E-state index contributed by atoms with van der Waals surface area (Å²) in [5, 5.41) is 0. The molecule has 2 aromatic carbocycles. The van der Waals surface area contributed by atoms with Gasteiger partial charge in [0.15, 0.2) is 0 Å². The van der Waals surface area contributed by atoms with Crippen molar-refractivity contribution in [3.05, 3.63) is 69.2 Å². The fraction of sp³-hybridized carbons (Fsp3) is 0.235. The van der Waals surface area contributed by atoms with Crippen LogP contribution in [0.1, 0.15) is 27.0 Å². The Bertz CT molecular complexity index is 637. The van der Waals surface area contributed by atoms with E-state index in [4.69, 9.17) is 0 Å². The molecule has 2 aromatic rings. The Kier molecular flexibility index (Phi) is 4.61. The summed E-state index contributed by atoms with van der Waals surface area (Å²) in [4.78, 5) is 14.3. The van der Waals surface area contributed by atoms with E-state index in [0.717, 1.165) is 10.0 Å². The van der Waals surface area contributed by atoms with E-state index >= 15 is 0 Å². The van der Waals surface area contributed by atoms with Gasteiger partial charge in [-0.1, -0.05) is 35.9 Å². The number of carbonyl (C=O) groups excluding carboxylic acids is 1. The Balaban J connectivity index is 2.21. The second-order valence-corrected chi connectivity index (χ2v) is 5.93. The number of benzene rings is 2. The van der Waals surface area contributed by atoms with Crippen LogP contribution in [-0.4, -0.2) is 17.9 Å². The lowest BCUT2D eigenvalue weighted by Crippen LogP contribution is -2.26. The molecule has 0 aromatic heterocycles. The first-order valence-corrected chi connectivity index (χ1v) is 7.34. The normalized spacial score (nSPS) is 10.4. The molecule has 0 unspecified atom stereocenters. The number of carbonyl (C=O) groups is 1. The maximum atomic E-state index is 12.5. The molecule has 0 heterocycles. The number of nitrogens with zero attached hydrogens (tertiary/aromatic N) is 1. The molecule has 0 fully saturated rings. The lowest BCUT2D eigenvalue weighted by atomic mass is 10.1. The zero-order chi connectivity index (χ0) is 14.7. The molecule has 20 heavy (non-hydrogen) atoms. The van der Waals surface area contributed by atoms with E-state index in [2.05, 4.69) is 35.0 Å². The SMILES string of the molecule is Cc1ccc(Br)c(C(=O)N(C)Cc2ccccc2C)c1. The number of hydrogen-bond acceptors (Lipinski definition) is 1. The minimum atomic E-state index is 0.0313. The van der Waals surface area contributed by atoms with Gasteiger partial charge in [0.25, 0.3) is 5.91 Å². The van der Waals surface area contributed by atoms with Gasteiger partial charge < -0.3 is 4.90 Å². The predicted molar refractivity (Wildman–Crippen MR) is 85.9 cm³/mol. The summed E-state index contributed by atoms with van der Waals surface area (Å²) in [7, 11) is 1.84. The molecule has 2 rings (SSSR count). The molecule has 0 spiro atoms. The summed E-state index contributed by atoms with van der Waals surface area (Å²) in [6.07, 6.45) is 0. The van der Waals surface area contributed by atoms with Crippen LogP contribution >= 0.6 is 15.9 Å². The van der Waals surface area contributed by atoms with E-state index in [1.54, 1.807) is 4.90 Å². The van der Waals surface area contributed by atoms with Crippen molar-refractivity contribution in [3.8, 4) is 0 Å². The van der Waals surface area contributed by atoms with Crippen LogP contribution in [0, 0.1) is 13.8 Å². The van der Waals surface area contributed by atoms with Crippen LogP contribution in [0.3, 0.4) is 0 Å². The van der Waals surface area contributed by atoms with Crippen molar-refractivity contribution in [2.45, 2.75) is 20.4 Å². The summed E-state index contributed by atoms with van der Waals surface area (Å²) < 4.78 is 0.838. The Labute approximate surface area is 128 Å². The van der Waals surface area contributed by atoms with Crippen molar-refractivity contribution in [2.24, 2.45) is 0 Å². The monoisotopic (exact) mass is 331 g/mol. The van der Waals surface area contributed by atoms with Crippen LogP contribution in [0.15, 0.2) is 46.9 Å². The predicted octanol–water partition coefficient (Wildman–Crippen LogP) is 4.34. The van der Waals surface area contributed by atoms with Crippen molar-refractivity contribution in [2.75, 3.05) is 7.05 Å². The molecule has 1 amide bonds. The van der Waals surface area contributed by atoms with Gasteiger partial charge in [0, 0.05) is 18.1 Å². The Hall–Kier alpha value is -1.61. The van der Waals surface area contributed by atoms with E-state index in [-0.39, 0.29) is 5.91 Å². The highest BCUT2D eigenvalue weighted by atomic mass is 79.9. The second-order valence-electron chi connectivity index (χ2n) is 5.07. The molecule has 0 aliphatic carbocycles. The highest BCUT2D eigenvalue weighted by molar-refractivity contribution is 9.10. The molecule has 0 saturated carbocycles. The zero-order valence-electron chi connectivity index (χ0n) is 12.0. The van der Waals surface area contributed by atoms with Crippen LogP contribution in [0.5, 0.6) is 0 Å². The molecule has 104 valence electrons. The summed E-state index contributed by atoms with van der Waals surface area (Å²) in [6.45, 7) is 4.67. The Morgan fingerprint density at radius 3 is 2.55 bits per heavy atom. The maximum absolute atomic E-state index is 12.5. The van der Waals surface area contributed by atoms with Crippen molar-refractivity contribution >= 4 is 21.8 Å². The number of amides is 1. The van der Waals surface area contributed by atoms with Crippen molar-refractivity contribution < 1.29 is 4.79 Å². The molecule has 0 bridgehead atoms. The maximum Gasteiger partial charge on any atom is 0.255 e. The summed E-state index contributed by atoms with van der Waals surface area (Å²) in [5.41, 5.74) is 4.17. The third kappa shape index (κ3) is 3.28. The molecule has 0 saturated heterocycles. The molecule has 0 N–H and O–H groups in total. The minimum Gasteiger partial charge on any atom is -0.337 e. The summed E-state index contributed by atoms with van der Waals surface area (Å²) in [5.74, 6) is 0.0313. The number of rotatable bonds is 3. The third-order valence-electron chi connectivity index (χ3n) is 3.37. The van der Waals surface area contributed by atoms with E-state index in [0.29, 0.717) is 12.1 Å². The van der Waals surface area contributed by atoms with Crippen LogP contribution < -0.4 is 0 Å². The molecule has 3 heteroatoms. The van der Waals surface area contributed by atoms with Crippen LogP contribution in [0.4, 0.5) is 0 Å². The largest absolute Gasteiger partial charge is 0.337 e. The van der Waals surface area contributed by atoms with Crippen molar-refractivity contribution in [1.82, 2.24) is 4.90 Å². The van der Waals surface area contributed by atoms with Gasteiger partial charge in [-0.05, 0) is 53.0 Å². The third-order valence-corrected chi connectivity index (χ3v) is 4.06. The molecule has 0 aliphatic heterocycles. The van der Waals surface area contributed by atoms with Crippen LogP contribution in [-0.2, 0) is 6.54 Å². The first-order valence-electron chi connectivity index (χ1n) is 6.55. The highest BCUT2D eigenvalue weighted by Gasteiger charge is 2.15. The van der Waals surface area contributed by atoms with Gasteiger partial charge >= 0.3 is 0 Å². The number of halogens is 1. The van der Waals surface area contributed by atoms with E-state index in [1.807, 2.05) is 44.3 Å². The number of hydrogen-bond donors (Lipinski definition) is 0. The molecular weight excluding hydrogens is 314 g/mol. The van der Waals surface area contributed by atoms with Gasteiger partial charge in [-0.3, -0.25) is 4.79 Å². The molecule has 0 radical (unpaired) electrons. The van der Waals surface area contributed by atoms with Gasteiger partial charge in [0.05, 0.1) is 5.56 Å². The van der Waals surface area contributed by atoms with E-state index < -0.39 is 0 Å². The van der Waals surface area contributed by atoms with Crippen molar-refractivity contribution in [1.29, 1.82) is 0 Å². The standard InChI is InChI=1S/C17H18BrNO/c1-12-8-9-16(18)15(10-12)17(20)19(3)11-14-7-5-4-6-13(14)2/h4-10H,11H2,1-3H3. The van der Waals surface area contributed by atoms with Gasteiger partial charge in [-0.15, -0.1) is 0 Å². The Morgan fingerprint density at radius 2 is 1.85 bits per heavy atom. The molecule has 2 nitrogen and oxygen atoms in total. The average molecular weight is 332 g/mol. The molecule has 0 aliphatic rings. The van der Waals surface area contributed by atoms with Gasteiger partial charge in [0.2, 0.25) is 0 Å². The first-order chi connectivity index (χ1) is 9.49. The van der Waals surface area contributed by atoms with Crippen LogP contribution in [0.25, 0.3) is 0 Å². The van der Waals surface area contributed by atoms with Gasteiger partial charge in [-0.25, -0.2) is 0 Å². The van der Waals surface area contributed by atoms with Crippen LogP contribution in [0.2, 0.25) is 0 Å². The summed E-state index contributed by atoms with van der Waals surface area (Å²) >= 11 is 3.45. The smallest absolute Gasteiger partial charge is 0.255 e. The number of aryl methyl sites for hydroxylation is 2. The topological polar surface area (TPSA) is 20.3 Å². The zero-order valence-corrected chi connectivity index (χ0v) is 13.6. The fourth-order valence-corrected chi connectivity index (χ4v) is 2.54. The van der Waals surface area contributed by atoms with Crippen molar-refractivity contribution in [3.63, 3.8) is 0 Å². The lowest BCUT2D eigenvalue weighted by molar-refractivity contribution is 0.0784. The van der Waals surface area contributed by atoms with E-state index in [9.17, 15) is 4.79 Å². The quantitative estimate of drug-likeness (QED) is 0.819. The lowest BCUT2D eigenvalue weighted by Gasteiger charge is -2.19.